The third-order valence-electron chi connectivity index (χ3n) is 1.59. The summed E-state index contributed by atoms with van der Waals surface area (Å²) in [5, 5.41) is 5.90. The van der Waals surface area contributed by atoms with Crippen molar-refractivity contribution in [1.82, 2.24) is 10.6 Å². The van der Waals surface area contributed by atoms with Crippen LogP contribution in [-0.4, -0.2) is 25.0 Å². The number of carbonyl (C=O) groups excluding carboxylic acids is 1. The number of nitrogens with one attached hydrogen (secondary N) is 2. The van der Waals surface area contributed by atoms with Crippen molar-refractivity contribution in [2.24, 2.45) is 0 Å². The minimum atomic E-state index is 0.123. The van der Waals surface area contributed by atoms with E-state index < -0.39 is 0 Å². The highest BCUT2D eigenvalue weighted by Gasteiger charge is 2.19. The van der Waals surface area contributed by atoms with Gasteiger partial charge in [0.1, 0.15) is 0 Å². The van der Waals surface area contributed by atoms with Crippen LogP contribution in [0.1, 0.15) is 6.42 Å². The van der Waals surface area contributed by atoms with Crippen molar-refractivity contribution >= 4 is 17.5 Å². The van der Waals surface area contributed by atoms with E-state index in [2.05, 4.69) is 10.6 Å². The fourth-order valence-electron chi connectivity index (χ4n) is 1.03. The van der Waals surface area contributed by atoms with Gasteiger partial charge < -0.3 is 10.6 Å². The molecule has 0 aromatic heterocycles. The molecule has 3 nitrogen and oxygen atoms in total. The Labute approximate surface area is 70.8 Å². The van der Waals surface area contributed by atoms with Crippen molar-refractivity contribution in [1.29, 1.82) is 0 Å². The van der Waals surface area contributed by atoms with Crippen LogP contribution in [-0.2, 0) is 4.79 Å². The Morgan fingerprint density at radius 2 is 2.64 bits per heavy atom. The van der Waals surface area contributed by atoms with Gasteiger partial charge in [0, 0.05) is 31.1 Å². The average Bonchev–Trinajstić information content (AvgIpc) is 2.37. The Kier molecular flexibility index (Phi) is 3.39. The molecule has 0 aromatic carbocycles. The zero-order valence-corrected chi connectivity index (χ0v) is 6.90. The van der Waals surface area contributed by atoms with Gasteiger partial charge in [-0.1, -0.05) is 17.7 Å². The second kappa shape index (κ2) is 4.36. The number of carbonyl (C=O) groups is 1. The topological polar surface area (TPSA) is 41.1 Å². The van der Waals surface area contributed by atoms with Crippen LogP contribution < -0.4 is 10.6 Å². The molecule has 1 heterocycles. The van der Waals surface area contributed by atoms with E-state index in [0.717, 1.165) is 13.1 Å². The number of hydrogen-bond donors (Lipinski definition) is 2. The maximum absolute atomic E-state index is 10.7. The summed E-state index contributed by atoms with van der Waals surface area (Å²) in [6.07, 6.45) is 2.39. The molecule has 62 valence electrons. The molecule has 1 aliphatic rings. The zero-order valence-electron chi connectivity index (χ0n) is 6.14. The van der Waals surface area contributed by atoms with E-state index >= 15 is 0 Å². The van der Waals surface area contributed by atoms with Crippen molar-refractivity contribution < 1.29 is 4.79 Å². The largest absolute Gasteiger partial charge is 0.354 e. The van der Waals surface area contributed by atoms with Crippen LogP contribution in [0.15, 0.2) is 11.6 Å². The Balaban J connectivity index is 2.13. The minimum Gasteiger partial charge on any atom is -0.354 e. The highest BCUT2D eigenvalue weighted by molar-refractivity contribution is 6.25. The van der Waals surface area contributed by atoms with Crippen molar-refractivity contribution in [2.45, 2.75) is 12.5 Å². The van der Waals surface area contributed by atoms with E-state index in [-0.39, 0.29) is 11.9 Å². The lowest BCUT2D eigenvalue weighted by molar-refractivity contribution is -0.119. The van der Waals surface area contributed by atoms with E-state index in [9.17, 15) is 4.79 Å². The minimum absolute atomic E-state index is 0.123. The molecule has 1 saturated heterocycles. The molecule has 1 amide bonds. The van der Waals surface area contributed by atoms with Crippen molar-refractivity contribution in [2.75, 3.05) is 13.1 Å². The van der Waals surface area contributed by atoms with Gasteiger partial charge in [0.25, 0.3) is 0 Å². The van der Waals surface area contributed by atoms with Gasteiger partial charge in [0.05, 0.1) is 0 Å². The van der Waals surface area contributed by atoms with Gasteiger partial charge in [-0.05, 0) is 0 Å². The van der Waals surface area contributed by atoms with E-state index in [1.54, 1.807) is 0 Å². The lowest BCUT2D eigenvalue weighted by Crippen LogP contribution is -2.30. The second-order valence-electron chi connectivity index (χ2n) is 2.48. The number of halogens is 1. The molecule has 1 rings (SSSR count). The second-order valence-corrected chi connectivity index (χ2v) is 2.73. The van der Waals surface area contributed by atoms with Gasteiger partial charge in [0.15, 0.2) is 0 Å². The molecule has 0 bridgehead atoms. The summed E-state index contributed by atoms with van der Waals surface area (Å²) in [5.74, 6) is 0.123. The summed E-state index contributed by atoms with van der Waals surface area (Å²) in [6.45, 7) is 1.46. The maximum Gasteiger partial charge on any atom is 0.221 e. The van der Waals surface area contributed by atoms with Crippen LogP contribution >= 0.6 is 11.6 Å². The first-order chi connectivity index (χ1) is 5.33. The molecule has 0 aromatic rings. The molecule has 1 fully saturated rings. The lowest BCUT2D eigenvalue weighted by Gasteiger charge is -2.05. The first kappa shape index (κ1) is 8.56. The SMILES string of the molecule is O=C1CC(NC/C=C/Cl)CN1. The predicted molar refractivity (Wildman–Crippen MR) is 44.4 cm³/mol. The Bertz CT molecular complexity index is 170. The normalized spacial score (nSPS) is 24.5. The van der Waals surface area contributed by atoms with Crippen LogP contribution in [0.2, 0.25) is 0 Å². The highest BCUT2D eigenvalue weighted by Crippen LogP contribution is 1.97. The predicted octanol–water partition coefficient (Wildman–Crippen LogP) is 0.217. The Hall–Kier alpha value is -0.540. The van der Waals surface area contributed by atoms with Crippen LogP contribution in [0.4, 0.5) is 0 Å². The van der Waals surface area contributed by atoms with Gasteiger partial charge in [-0.25, -0.2) is 0 Å². The lowest BCUT2D eigenvalue weighted by atomic mass is 10.2. The fraction of sp³-hybridized carbons (Fsp3) is 0.571. The molecule has 4 heteroatoms. The van der Waals surface area contributed by atoms with Crippen LogP contribution in [0.3, 0.4) is 0 Å². The molecule has 2 N–H and O–H groups in total. The molecular formula is C7H11ClN2O. The number of hydrogen-bond acceptors (Lipinski definition) is 2. The summed E-state index contributed by atoms with van der Waals surface area (Å²) in [6, 6.07) is 0.273. The Morgan fingerprint density at radius 1 is 1.82 bits per heavy atom. The average molecular weight is 175 g/mol. The molecule has 1 aliphatic heterocycles. The van der Waals surface area contributed by atoms with Crippen molar-refractivity contribution in [3.05, 3.63) is 11.6 Å². The summed E-state index contributed by atoms with van der Waals surface area (Å²) in [4.78, 5) is 10.7. The van der Waals surface area contributed by atoms with Gasteiger partial charge >= 0.3 is 0 Å². The van der Waals surface area contributed by atoms with E-state index in [4.69, 9.17) is 11.6 Å². The fourth-order valence-corrected chi connectivity index (χ4v) is 1.12. The van der Waals surface area contributed by atoms with E-state index in [1.807, 2.05) is 6.08 Å². The summed E-state index contributed by atoms with van der Waals surface area (Å²) >= 11 is 5.31. The van der Waals surface area contributed by atoms with Gasteiger partial charge in [-0.15, -0.1) is 0 Å². The highest BCUT2D eigenvalue weighted by atomic mass is 35.5. The zero-order chi connectivity index (χ0) is 8.10. The molecule has 0 saturated carbocycles. The summed E-state index contributed by atoms with van der Waals surface area (Å²) in [5.41, 5.74) is 1.47. The smallest absolute Gasteiger partial charge is 0.221 e. The van der Waals surface area contributed by atoms with Gasteiger partial charge in [-0.2, -0.15) is 0 Å². The van der Waals surface area contributed by atoms with Crippen molar-refractivity contribution in [3.63, 3.8) is 0 Å². The third-order valence-corrected chi connectivity index (χ3v) is 1.77. The van der Waals surface area contributed by atoms with Gasteiger partial charge in [-0.3, -0.25) is 4.79 Å². The molecule has 0 radical (unpaired) electrons. The van der Waals surface area contributed by atoms with Crippen LogP contribution in [0.25, 0.3) is 0 Å². The van der Waals surface area contributed by atoms with Gasteiger partial charge in [0.2, 0.25) is 5.91 Å². The molecule has 1 atom stereocenters. The van der Waals surface area contributed by atoms with Crippen molar-refractivity contribution in [3.8, 4) is 0 Å². The van der Waals surface area contributed by atoms with Crippen LogP contribution in [0.5, 0.6) is 0 Å². The third kappa shape index (κ3) is 2.91. The molecule has 11 heavy (non-hydrogen) atoms. The quantitative estimate of drug-likeness (QED) is 0.643. The maximum atomic E-state index is 10.7. The summed E-state index contributed by atoms with van der Waals surface area (Å²) < 4.78 is 0. The molecule has 1 unspecified atom stereocenters. The first-order valence-electron chi connectivity index (χ1n) is 3.58. The molecular weight excluding hydrogens is 164 g/mol. The summed E-state index contributed by atoms with van der Waals surface area (Å²) in [7, 11) is 0. The van der Waals surface area contributed by atoms with E-state index in [1.165, 1.54) is 5.54 Å². The standard InChI is InChI=1S/C7H11ClN2O/c8-2-1-3-9-6-4-7(11)10-5-6/h1-2,6,9H,3-5H2,(H,10,11)/b2-1+. The number of amides is 1. The molecule has 0 aliphatic carbocycles. The van der Waals surface area contributed by atoms with E-state index in [0.29, 0.717) is 6.42 Å². The van der Waals surface area contributed by atoms with Crippen LogP contribution in [0, 0.1) is 0 Å². The monoisotopic (exact) mass is 174 g/mol. The first-order valence-corrected chi connectivity index (χ1v) is 4.02. The number of rotatable bonds is 3. The molecule has 0 spiro atoms. The Morgan fingerprint density at radius 3 is 3.18 bits per heavy atom.